The van der Waals surface area contributed by atoms with Gasteiger partial charge in [0.25, 0.3) is 11.1 Å². The van der Waals surface area contributed by atoms with Gasteiger partial charge in [-0.05, 0) is 73.1 Å². The molecule has 1 aliphatic heterocycles. The lowest BCUT2D eigenvalue weighted by molar-refractivity contribution is 0.139. The summed E-state index contributed by atoms with van der Waals surface area (Å²) in [7, 11) is 7.68. The Balaban J connectivity index is 1.75. The van der Waals surface area contributed by atoms with Crippen LogP contribution < -0.4 is 15.9 Å². The van der Waals surface area contributed by atoms with Gasteiger partial charge in [-0.3, -0.25) is 37.7 Å². The predicted octanol–water partition coefficient (Wildman–Crippen LogP) is 3.94. The number of piperidine rings is 1. The minimum absolute atomic E-state index is 0.0977. The standard InChI is InChI=1S/C31H36N6O5S2/c1-33-26(38)24(27(39)34(2)30(33)43)23(25-28(40)35(3)31(44)36(4)29(25)41)18-11-12-22(42-5)20(15-18)17-37-14-7-6-10-21(37)19-9-8-13-32-16-19/h8-9,11-13,15-16,21,23,38,40H,6-7,10,14,17H2,1-5H3/t21-/m0/s1. The number of aromatic hydroxyl groups is 2. The van der Waals surface area contributed by atoms with Crippen LogP contribution in [0.4, 0.5) is 0 Å². The lowest BCUT2D eigenvalue weighted by atomic mass is 9.85. The molecule has 0 unspecified atom stereocenters. The molecule has 4 heterocycles. The van der Waals surface area contributed by atoms with E-state index in [9.17, 15) is 19.8 Å². The van der Waals surface area contributed by atoms with Crippen molar-refractivity contribution in [2.45, 2.75) is 37.8 Å². The molecule has 3 aromatic heterocycles. The Kier molecular flexibility index (Phi) is 8.91. The molecule has 1 saturated heterocycles. The summed E-state index contributed by atoms with van der Waals surface area (Å²) in [4.78, 5) is 34.3. The highest BCUT2D eigenvalue weighted by atomic mass is 32.1. The lowest BCUT2D eigenvalue weighted by Gasteiger charge is -2.36. The van der Waals surface area contributed by atoms with Gasteiger partial charge in [-0.1, -0.05) is 18.6 Å². The zero-order valence-corrected chi connectivity index (χ0v) is 27.0. The first-order valence-corrected chi connectivity index (χ1v) is 15.1. The van der Waals surface area contributed by atoms with Crippen molar-refractivity contribution >= 4 is 24.4 Å². The zero-order valence-electron chi connectivity index (χ0n) is 25.4. The number of hydrogen-bond donors (Lipinski definition) is 2. The molecule has 11 nitrogen and oxygen atoms in total. The second kappa shape index (κ2) is 12.5. The van der Waals surface area contributed by atoms with E-state index in [1.807, 2.05) is 18.3 Å². The average Bonchev–Trinajstić information content (AvgIpc) is 3.04. The van der Waals surface area contributed by atoms with Gasteiger partial charge >= 0.3 is 0 Å². The monoisotopic (exact) mass is 636 g/mol. The molecule has 4 aromatic rings. The second-order valence-corrected chi connectivity index (χ2v) is 11.9. The number of pyridine rings is 1. The van der Waals surface area contributed by atoms with E-state index >= 15 is 0 Å². The molecule has 1 aliphatic rings. The molecule has 1 fully saturated rings. The van der Waals surface area contributed by atoms with Gasteiger partial charge in [-0.15, -0.1) is 0 Å². The number of ether oxygens (including phenoxy) is 1. The quantitative estimate of drug-likeness (QED) is 0.291. The summed E-state index contributed by atoms with van der Waals surface area (Å²) in [6.45, 7) is 1.39. The van der Waals surface area contributed by atoms with Crippen LogP contribution >= 0.6 is 24.4 Å². The third kappa shape index (κ3) is 5.39. The van der Waals surface area contributed by atoms with Crippen molar-refractivity contribution in [3.8, 4) is 17.5 Å². The fourth-order valence-corrected chi connectivity index (χ4v) is 6.49. The Hall–Kier alpha value is -4.07. The lowest BCUT2D eigenvalue weighted by Crippen LogP contribution is -2.34. The summed E-state index contributed by atoms with van der Waals surface area (Å²) in [5.74, 6) is -1.34. The van der Waals surface area contributed by atoms with Crippen LogP contribution in [-0.4, -0.2) is 52.0 Å². The van der Waals surface area contributed by atoms with Crippen molar-refractivity contribution in [1.29, 1.82) is 0 Å². The number of rotatable bonds is 7. The van der Waals surface area contributed by atoms with E-state index in [1.54, 1.807) is 25.4 Å². The maximum absolute atomic E-state index is 13.8. The maximum atomic E-state index is 13.8. The van der Waals surface area contributed by atoms with Gasteiger partial charge in [0, 0.05) is 58.7 Å². The van der Waals surface area contributed by atoms with Gasteiger partial charge in [0.15, 0.2) is 9.54 Å². The van der Waals surface area contributed by atoms with Gasteiger partial charge in [0.1, 0.15) is 5.75 Å². The molecule has 232 valence electrons. The molecular weight excluding hydrogens is 601 g/mol. The minimum Gasteiger partial charge on any atom is -0.496 e. The number of nitrogens with zero attached hydrogens (tertiary/aromatic N) is 6. The molecular formula is C31H36N6O5S2. The molecule has 0 radical (unpaired) electrons. The number of benzene rings is 1. The van der Waals surface area contributed by atoms with Gasteiger partial charge < -0.3 is 14.9 Å². The average molecular weight is 637 g/mol. The van der Waals surface area contributed by atoms with Crippen LogP contribution in [0.1, 0.15) is 59.0 Å². The van der Waals surface area contributed by atoms with E-state index < -0.39 is 28.8 Å². The summed E-state index contributed by atoms with van der Waals surface area (Å²) in [6.07, 6.45) is 6.79. The van der Waals surface area contributed by atoms with E-state index in [0.29, 0.717) is 17.9 Å². The summed E-state index contributed by atoms with van der Waals surface area (Å²) in [6, 6.07) is 9.58. The van der Waals surface area contributed by atoms with Gasteiger partial charge in [0.05, 0.1) is 24.2 Å². The van der Waals surface area contributed by atoms with Gasteiger partial charge in [-0.25, -0.2) is 0 Å². The first-order valence-electron chi connectivity index (χ1n) is 14.3. The zero-order chi connectivity index (χ0) is 31.9. The van der Waals surface area contributed by atoms with Gasteiger partial charge in [-0.2, -0.15) is 0 Å². The summed E-state index contributed by atoms with van der Waals surface area (Å²) < 4.78 is 11.0. The predicted molar refractivity (Wildman–Crippen MR) is 171 cm³/mol. The van der Waals surface area contributed by atoms with Crippen LogP contribution in [0.15, 0.2) is 52.3 Å². The highest BCUT2D eigenvalue weighted by molar-refractivity contribution is 7.71. The Morgan fingerprint density at radius 3 is 2.09 bits per heavy atom. The van der Waals surface area contributed by atoms with Gasteiger partial charge in [0.2, 0.25) is 11.8 Å². The number of methoxy groups -OCH3 is 1. The third-order valence-electron chi connectivity index (χ3n) is 8.61. The van der Waals surface area contributed by atoms with Crippen molar-refractivity contribution in [2.75, 3.05) is 13.7 Å². The first kappa shape index (κ1) is 31.4. The van der Waals surface area contributed by atoms with E-state index in [0.717, 1.165) is 36.9 Å². The van der Waals surface area contributed by atoms with E-state index in [2.05, 4.69) is 16.0 Å². The molecule has 0 bridgehead atoms. The van der Waals surface area contributed by atoms with Crippen molar-refractivity contribution in [3.05, 3.63) is 101 Å². The molecule has 0 amide bonds. The van der Waals surface area contributed by atoms with Crippen LogP contribution in [0, 0.1) is 9.54 Å². The van der Waals surface area contributed by atoms with Crippen LogP contribution in [0.3, 0.4) is 0 Å². The molecule has 0 saturated carbocycles. The summed E-state index contributed by atoms with van der Waals surface area (Å²) in [5.41, 5.74) is 1.08. The van der Waals surface area contributed by atoms with E-state index in [4.69, 9.17) is 29.2 Å². The molecule has 5 rings (SSSR count). The number of likely N-dealkylation sites (tertiary alicyclic amines) is 1. The van der Waals surface area contributed by atoms with Crippen molar-refractivity contribution in [3.63, 3.8) is 0 Å². The van der Waals surface area contributed by atoms with Crippen LogP contribution in [0.25, 0.3) is 0 Å². The van der Waals surface area contributed by atoms with Crippen molar-refractivity contribution in [2.24, 2.45) is 28.2 Å². The second-order valence-electron chi connectivity index (χ2n) is 11.2. The Bertz CT molecular complexity index is 1880. The molecule has 0 spiro atoms. The Morgan fingerprint density at radius 1 is 0.932 bits per heavy atom. The maximum Gasteiger partial charge on any atom is 0.262 e. The summed E-state index contributed by atoms with van der Waals surface area (Å²) in [5, 5.41) is 22.7. The third-order valence-corrected chi connectivity index (χ3v) is 9.70. The summed E-state index contributed by atoms with van der Waals surface area (Å²) >= 11 is 10.7. The largest absolute Gasteiger partial charge is 0.496 e. The Labute approximate surface area is 264 Å². The number of hydrogen-bond acceptors (Lipinski definition) is 9. The molecule has 0 aliphatic carbocycles. The molecule has 13 heteroatoms. The fraction of sp³-hybridized carbons (Fsp3) is 0.387. The highest BCUT2D eigenvalue weighted by Crippen LogP contribution is 2.40. The Morgan fingerprint density at radius 2 is 1.55 bits per heavy atom. The molecule has 1 atom stereocenters. The topological polar surface area (TPSA) is 120 Å². The number of aromatic nitrogens is 5. The molecule has 44 heavy (non-hydrogen) atoms. The SMILES string of the molecule is COc1ccc(C(c2c(O)n(C)c(=S)n(C)c2=O)c2c(O)n(C)c(=S)n(C)c2=O)cc1CN1CCCC[C@H]1c1cccnc1. The van der Waals surface area contributed by atoms with Crippen LogP contribution in [-0.2, 0) is 34.7 Å². The van der Waals surface area contributed by atoms with Crippen LogP contribution in [0.2, 0.25) is 0 Å². The van der Waals surface area contributed by atoms with Crippen LogP contribution in [0.5, 0.6) is 17.5 Å². The highest BCUT2D eigenvalue weighted by Gasteiger charge is 2.33. The fourth-order valence-electron chi connectivity index (χ4n) is 6.15. The minimum atomic E-state index is -1.17. The van der Waals surface area contributed by atoms with Crippen molar-refractivity contribution < 1.29 is 14.9 Å². The van der Waals surface area contributed by atoms with E-state index in [1.165, 1.54) is 46.5 Å². The van der Waals surface area contributed by atoms with E-state index in [-0.39, 0.29) is 26.7 Å². The normalized spacial score (nSPS) is 15.5. The first-order chi connectivity index (χ1) is 21.0. The molecule has 2 N–H and O–H groups in total. The molecule has 1 aromatic carbocycles. The smallest absolute Gasteiger partial charge is 0.262 e. The van der Waals surface area contributed by atoms with Crippen molar-refractivity contribution in [1.82, 2.24) is 28.2 Å².